The zero-order valence-corrected chi connectivity index (χ0v) is 12.3. The lowest BCUT2D eigenvalue weighted by atomic mass is 10.2. The topological polar surface area (TPSA) is 32.3 Å². The van der Waals surface area contributed by atoms with Gasteiger partial charge in [0.2, 0.25) is 0 Å². The van der Waals surface area contributed by atoms with Crippen LogP contribution in [0.5, 0.6) is 0 Å². The first-order valence-electron chi connectivity index (χ1n) is 6.10. The van der Waals surface area contributed by atoms with Crippen molar-refractivity contribution in [2.45, 2.75) is 17.9 Å². The number of halogens is 5. The maximum Gasteiger partial charge on any atom is 0.434 e. The van der Waals surface area contributed by atoms with E-state index in [0.29, 0.717) is 19.3 Å². The number of likely N-dealkylation sites (N-methyl/N-ethyl adjacent to an activating group) is 1. The van der Waals surface area contributed by atoms with E-state index in [-0.39, 0.29) is 12.4 Å². The summed E-state index contributed by atoms with van der Waals surface area (Å²) < 4.78 is 64.2. The van der Waals surface area contributed by atoms with Crippen LogP contribution in [0, 0.1) is 0 Å². The molecule has 2 heterocycles. The minimum Gasteiger partial charge on any atom is -0.352 e. The number of anilines is 1. The van der Waals surface area contributed by atoms with Crippen molar-refractivity contribution in [2.75, 3.05) is 31.6 Å². The van der Waals surface area contributed by atoms with Crippen LogP contribution < -0.4 is 4.90 Å². The second-order valence-electron chi connectivity index (χ2n) is 4.87. The third-order valence-corrected chi connectivity index (χ3v) is 3.73. The molecule has 1 aliphatic heterocycles. The van der Waals surface area contributed by atoms with E-state index in [1.54, 1.807) is 7.05 Å². The average molecular weight is 328 g/mol. The van der Waals surface area contributed by atoms with Crippen molar-refractivity contribution in [3.63, 3.8) is 0 Å². The predicted molar refractivity (Wildman–Crippen MR) is 70.3 cm³/mol. The maximum absolute atomic E-state index is 13.5. The second kappa shape index (κ2) is 5.61. The molecule has 0 N–H and O–H groups in total. The first-order chi connectivity index (χ1) is 9.59. The highest BCUT2D eigenvalue weighted by molar-refractivity contribution is 7.18. The van der Waals surface area contributed by atoms with Gasteiger partial charge in [0, 0.05) is 19.6 Å². The molecule has 2 unspecified atom stereocenters. The Balaban J connectivity index is 2.15. The number of hydrogen-bond acceptors (Lipinski definition) is 4. The first-order valence-corrected chi connectivity index (χ1v) is 6.68. The summed E-state index contributed by atoms with van der Waals surface area (Å²) >= 11 is 0. The molecule has 1 aromatic heterocycles. The molecular weight excluding hydrogens is 314 g/mol. The standard InChI is InChI=1S/C11H14F5N4P/c1-19-2-3-20(6-8(19)11(15,16)21)9-5-17-7(4-18-9)10(12,13)14/h4-5,8H,2-3,6,21H2,1H3. The van der Waals surface area contributed by atoms with E-state index in [2.05, 4.69) is 9.97 Å². The van der Waals surface area contributed by atoms with Crippen molar-refractivity contribution in [3.05, 3.63) is 18.1 Å². The van der Waals surface area contributed by atoms with Crippen LogP contribution in [0.2, 0.25) is 0 Å². The Morgan fingerprint density at radius 3 is 2.29 bits per heavy atom. The zero-order chi connectivity index (χ0) is 15.8. The SMILES string of the molecule is CN1CCN(c2cnc(C(F)(F)F)cn2)CC1C(F)(F)P. The van der Waals surface area contributed by atoms with Gasteiger partial charge in [-0.2, -0.15) is 13.2 Å². The molecule has 4 nitrogen and oxygen atoms in total. The summed E-state index contributed by atoms with van der Waals surface area (Å²) in [6.07, 6.45) is -2.99. The first kappa shape index (κ1) is 16.3. The lowest BCUT2D eigenvalue weighted by Gasteiger charge is -2.42. The molecule has 21 heavy (non-hydrogen) atoms. The van der Waals surface area contributed by atoms with Gasteiger partial charge in [-0.3, -0.25) is 4.90 Å². The van der Waals surface area contributed by atoms with E-state index in [9.17, 15) is 22.0 Å². The summed E-state index contributed by atoms with van der Waals surface area (Å²) in [5.74, 6) is 0.162. The van der Waals surface area contributed by atoms with Gasteiger partial charge in [0.25, 0.3) is 5.66 Å². The van der Waals surface area contributed by atoms with Crippen LogP contribution in [0.1, 0.15) is 5.69 Å². The van der Waals surface area contributed by atoms with Crippen LogP contribution in [0.25, 0.3) is 0 Å². The van der Waals surface area contributed by atoms with Crippen LogP contribution in [0.4, 0.5) is 27.8 Å². The van der Waals surface area contributed by atoms with E-state index in [0.717, 1.165) is 6.20 Å². The van der Waals surface area contributed by atoms with Crippen molar-refractivity contribution in [2.24, 2.45) is 0 Å². The Bertz CT molecular complexity index is 487. The highest BCUT2D eigenvalue weighted by Gasteiger charge is 2.41. The molecule has 2 rings (SSSR count). The quantitative estimate of drug-likeness (QED) is 0.615. The third kappa shape index (κ3) is 3.77. The van der Waals surface area contributed by atoms with Gasteiger partial charge in [-0.1, -0.05) is 9.24 Å². The summed E-state index contributed by atoms with van der Waals surface area (Å²) in [5.41, 5.74) is -4.10. The minimum absolute atomic E-state index is 0.0347. The highest BCUT2D eigenvalue weighted by Crippen LogP contribution is 2.33. The van der Waals surface area contributed by atoms with Gasteiger partial charge in [0.1, 0.15) is 5.82 Å². The summed E-state index contributed by atoms with van der Waals surface area (Å²) in [5, 5.41) is 0. The number of piperazine rings is 1. The van der Waals surface area contributed by atoms with Crippen LogP contribution in [0.15, 0.2) is 12.4 Å². The number of nitrogens with zero attached hydrogens (tertiary/aromatic N) is 4. The van der Waals surface area contributed by atoms with Crippen LogP contribution in [0.3, 0.4) is 0 Å². The van der Waals surface area contributed by atoms with Crippen LogP contribution in [-0.4, -0.2) is 53.3 Å². The van der Waals surface area contributed by atoms with E-state index in [1.165, 1.54) is 19.0 Å². The smallest absolute Gasteiger partial charge is 0.352 e. The fourth-order valence-electron chi connectivity index (χ4n) is 2.13. The molecule has 0 bridgehead atoms. The third-order valence-electron chi connectivity index (χ3n) is 3.34. The number of hydrogen-bond donors (Lipinski definition) is 0. The molecule has 0 spiro atoms. The number of rotatable bonds is 2. The second-order valence-corrected chi connectivity index (χ2v) is 5.64. The zero-order valence-electron chi connectivity index (χ0n) is 11.1. The molecule has 118 valence electrons. The molecule has 0 amide bonds. The highest BCUT2D eigenvalue weighted by atomic mass is 31.0. The monoisotopic (exact) mass is 328 g/mol. The predicted octanol–water partition coefficient (Wildman–Crippen LogP) is 2.08. The number of alkyl halides is 5. The molecule has 1 aromatic rings. The summed E-state index contributed by atoms with van der Waals surface area (Å²) in [6.45, 7) is 0.720. The minimum atomic E-state index is -4.57. The molecule has 10 heteroatoms. The molecule has 0 aromatic carbocycles. The van der Waals surface area contributed by atoms with Crippen molar-refractivity contribution in [1.29, 1.82) is 0 Å². The van der Waals surface area contributed by atoms with Gasteiger partial charge in [0.05, 0.1) is 18.4 Å². The van der Waals surface area contributed by atoms with Gasteiger partial charge in [-0.25, -0.2) is 18.7 Å². The molecule has 1 fully saturated rings. The van der Waals surface area contributed by atoms with Gasteiger partial charge >= 0.3 is 6.18 Å². The van der Waals surface area contributed by atoms with Crippen molar-refractivity contribution < 1.29 is 22.0 Å². The Hall–Kier alpha value is -1.08. The van der Waals surface area contributed by atoms with E-state index >= 15 is 0 Å². The molecule has 0 radical (unpaired) electrons. The van der Waals surface area contributed by atoms with Gasteiger partial charge in [-0.15, -0.1) is 0 Å². The van der Waals surface area contributed by atoms with Crippen molar-refractivity contribution >= 4 is 15.1 Å². The molecule has 1 saturated heterocycles. The Morgan fingerprint density at radius 2 is 1.81 bits per heavy atom. The van der Waals surface area contributed by atoms with E-state index in [1.807, 2.05) is 0 Å². The van der Waals surface area contributed by atoms with Crippen molar-refractivity contribution in [1.82, 2.24) is 14.9 Å². The lowest BCUT2D eigenvalue weighted by Crippen LogP contribution is -2.57. The number of aromatic nitrogens is 2. The molecular formula is C11H14F5N4P. The van der Waals surface area contributed by atoms with Crippen LogP contribution >= 0.6 is 9.24 Å². The molecule has 0 aliphatic carbocycles. The molecule has 2 atom stereocenters. The molecule has 0 saturated carbocycles. The Morgan fingerprint density at radius 1 is 1.14 bits per heavy atom. The van der Waals surface area contributed by atoms with E-state index in [4.69, 9.17) is 0 Å². The summed E-state index contributed by atoms with van der Waals surface area (Å²) in [6, 6.07) is -1.06. The Kier molecular flexibility index (Phi) is 4.35. The maximum atomic E-state index is 13.5. The Labute approximate surface area is 120 Å². The van der Waals surface area contributed by atoms with Gasteiger partial charge in [0.15, 0.2) is 5.69 Å². The van der Waals surface area contributed by atoms with Crippen LogP contribution in [-0.2, 0) is 6.18 Å². The summed E-state index contributed by atoms with van der Waals surface area (Å²) in [7, 11) is 3.08. The fourth-order valence-corrected chi connectivity index (χ4v) is 2.49. The fraction of sp³-hybridized carbons (Fsp3) is 0.636. The van der Waals surface area contributed by atoms with Gasteiger partial charge in [-0.05, 0) is 7.05 Å². The average Bonchev–Trinajstić information content (AvgIpc) is 2.37. The van der Waals surface area contributed by atoms with E-state index < -0.39 is 23.6 Å². The molecule has 1 aliphatic rings. The van der Waals surface area contributed by atoms with Crippen molar-refractivity contribution in [3.8, 4) is 0 Å². The lowest BCUT2D eigenvalue weighted by molar-refractivity contribution is -0.141. The summed E-state index contributed by atoms with van der Waals surface area (Å²) in [4.78, 5) is 10.0. The van der Waals surface area contributed by atoms with Gasteiger partial charge < -0.3 is 4.90 Å². The largest absolute Gasteiger partial charge is 0.434 e. The normalized spacial score (nSPS) is 21.7.